The van der Waals surface area contributed by atoms with Crippen LogP contribution in [0.25, 0.3) is 0 Å². The monoisotopic (exact) mass is 655 g/mol. The SMILES string of the molecule is CC(C)(C)[Si](C)(C)OC[C@]1(O)[C@@H](O)[C@@H](O)[C@]2(CC(=O)N2OCc2ccccc2)[C@H](O[Si](C)(C)C)[C@@H]1O[Si](C)(C)C(C)(C)C. The lowest BCUT2D eigenvalue weighted by atomic mass is 9.62. The Bertz CT molecular complexity index is 1130. The maximum atomic E-state index is 13.2. The van der Waals surface area contributed by atoms with Crippen LogP contribution in [0, 0.1) is 0 Å². The molecule has 1 saturated heterocycles. The van der Waals surface area contributed by atoms with Crippen molar-refractivity contribution in [3.63, 3.8) is 0 Å². The molecule has 0 aromatic heterocycles. The van der Waals surface area contributed by atoms with Gasteiger partial charge in [-0.25, -0.2) is 5.06 Å². The number of amides is 1. The molecule has 43 heavy (non-hydrogen) atoms. The van der Waals surface area contributed by atoms with E-state index in [0.717, 1.165) is 5.56 Å². The standard InChI is InChI=1S/C31H57NO8Si3/c1-28(2,3)42(10,11)38-21-31(36)25(35)24(34)30(19-23(33)32(30)37-20-22-17-15-14-16-18-22)26(39-41(7,8)9)27(31)40-43(12,13)29(4,5)6/h14-18,24-27,34-36H,19-21H2,1-13H3/t24-,25+,26-,27+,30-,31+/m1/s1. The fourth-order valence-corrected chi connectivity index (χ4v) is 8.59. The quantitative estimate of drug-likeness (QED) is 0.233. The van der Waals surface area contributed by atoms with E-state index in [9.17, 15) is 20.1 Å². The number of rotatable bonds is 10. The highest BCUT2D eigenvalue weighted by Crippen LogP contribution is 2.53. The van der Waals surface area contributed by atoms with Crippen molar-refractivity contribution in [2.45, 2.75) is 146 Å². The smallest absolute Gasteiger partial charge is 0.249 e. The summed E-state index contributed by atoms with van der Waals surface area (Å²) in [4.78, 5) is 19.3. The summed E-state index contributed by atoms with van der Waals surface area (Å²) in [5, 5.41) is 37.2. The second-order valence-corrected chi connectivity index (χ2v) is 30.5. The second kappa shape index (κ2) is 12.0. The lowest BCUT2D eigenvalue weighted by Crippen LogP contribution is -2.87. The van der Waals surface area contributed by atoms with E-state index in [-0.39, 0.29) is 35.6 Å². The number of aliphatic hydroxyl groups is 3. The molecule has 246 valence electrons. The Hall–Kier alpha value is -0.939. The van der Waals surface area contributed by atoms with Crippen molar-refractivity contribution in [3.05, 3.63) is 35.9 Å². The van der Waals surface area contributed by atoms with Crippen molar-refractivity contribution >= 4 is 30.9 Å². The Morgan fingerprint density at radius 3 is 1.84 bits per heavy atom. The maximum Gasteiger partial charge on any atom is 0.249 e. The van der Waals surface area contributed by atoms with E-state index in [1.807, 2.05) is 50.0 Å². The van der Waals surface area contributed by atoms with E-state index in [0.29, 0.717) is 0 Å². The molecule has 1 amide bonds. The molecule has 1 heterocycles. The second-order valence-electron chi connectivity index (χ2n) is 16.5. The molecule has 1 saturated carbocycles. The Labute approximate surface area is 262 Å². The fraction of sp³-hybridized carbons (Fsp3) is 0.774. The van der Waals surface area contributed by atoms with Crippen LogP contribution in [0.3, 0.4) is 0 Å². The van der Waals surface area contributed by atoms with Gasteiger partial charge in [0.15, 0.2) is 25.0 Å². The van der Waals surface area contributed by atoms with Crippen molar-refractivity contribution in [2.24, 2.45) is 0 Å². The van der Waals surface area contributed by atoms with Gasteiger partial charge in [-0.15, -0.1) is 0 Å². The predicted octanol–water partition coefficient (Wildman–Crippen LogP) is 5.19. The first-order valence-corrected chi connectivity index (χ1v) is 24.6. The number of hydrogen-bond donors (Lipinski definition) is 3. The van der Waals surface area contributed by atoms with Gasteiger partial charge in [0.1, 0.15) is 42.2 Å². The number of hydrogen-bond acceptors (Lipinski definition) is 8. The molecular weight excluding hydrogens is 599 g/mol. The zero-order valence-electron chi connectivity index (χ0n) is 28.6. The fourth-order valence-electron chi connectivity index (χ4n) is 5.16. The van der Waals surface area contributed by atoms with Crippen LogP contribution >= 0.6 is 0 Å². The summed E-state index contributed by atoms with van der Waals surface area (Å²) in [6, 6.07) is 9.44. The number of hydroxylamine groups is 2. The van der Waals surface area contributed by atoms with Gasteiger partial charge in [-0.2, -0.15) is 0 Å². The number of benzene rings is 1. The molecule has 3 N–H and O–H groups in total. The van der Waals surface area contributed by atoms with Crippen molar-refractivity contribution in [2.75, 3.05) is 6.61 Å². The van der Waals surface area contributed by atoms with Crippen LogP contribution in [0.5, 0.6) is 0 Å². The molecule has 0 radical (unpaired) electrons. The molecule has 0 unspecified atom stereocenters. The maximum absolute atomic E-state index is 13.2. The van der Waals surface area contributed by atoms with Crippen LogP contribution in [0.15, 0.2) is 30.3 Å². The number of nitrogens with zero attached hydrogens (tertiary/aromatic N) is 1. The molecular formula is C31H57NO8Si3. The molecule has 6 atom stereocenters. The highest BCUT2D eigenvalue weighted by Gasteiger charge is 2.75. The molecule has 2 aliphatic rings. The van der Waals surface area contributed by atoms with E-state index in [1.54, 1.807) is 0 Å². The lowest BCUT2D eigenvalue weighted by Gasteiger charge is -2.65. The molecule has 12 heteroatoms. The van der Waals surface area contributed by atoms with E-state index < -0.39 is 60.5 Å². The zero-order chi connectivity index (χ0) is 33.0. The van der Waals surface area contributed by atoms with Crippen molar-refractivity contribution in [3.8, 4) is 0 Å². The molecule has 1 aliphatic heterocycles. The van der Waals surface area contributed by atoms with Gasteiger partial charge in [-0.1, -0.05) is 71.9 Å². The first-order valence-electron chi connectivity index (χ1n) is 15.4. The van der Waals surface area contributed by atoms with E-state index in [4.69, 9.17) is 18.1 Å². The van der Waals surface area contributed by atoms with Crippen molar-refractivity contribution in [1.82, 2.24) is 5.06 Å². The van der Waals surface area contributed by atoms with Crippen LogP contribution in [0.1, 0.15) is 53.5 Å². The van der Waals surface area contributed by atoms with Gasteiger partial charge in [0.05, 0.1) is 13.0 Å². The minimum atomic E-state index is -2.63. The number of carbonyl (C=O) groups excluding carboxylic acids is 1. The molecule has 9 nitrogen and oxygen atoms in total. The molecule has 3 rings (SSSR count). The van der Waals surface area contributed by atoms with E-state index in [1.165, 1.54) is 5.06 Å². The van der Waals surface area contributed by atoms with E-state index in [2.05, 4.69) is 67.7 Å². The topological polar surface area (TPSA) is 118 Å². The Balaban J connectivity index is 2.17. The average molecular weight is 656 g/mol. The van der Waals surface area contributed by atoms with Gasteiger partial charge in [-0.3, -0.25) is 9.63 Å². The predicted molar refractivity (Wildman–Crippen MR) is 176 cm³/mol. The third kappa shape index (κ3) is 7.08. The first kappa shape index (κ1) is 36.5. The average Bonchev–Trinajstić information content (AvgIpc) is 2.85. The summed E-state index contributed by atoms with van der Waals surface area (Å²) >= 11 is 0. The molecule has 0 bridgehead atoms. The van der Waals surface area contributed by atoms with Crippen LogP contribution in [-0.4, -0.2) is 93.4 Å². The van der Waals surface area contributed by atoms with Gasteiger partial charge < -0.3 is 28.6 Å². The molecule has 1 aromatic rings. The molecule has 2 fully saturated rings. The van der Waals surface area contributed by atoms with Crippen molar-refractivity contribution < 1.29 is 38.2 Å². The number of aliphatic hydroxyl groups excluding tert-OH is 2. The third-order valence-corrected chi connectivity index (χ3v) is 19.9. The van der Waals surface area contributed by atoms with Crippen LogP contribution in [0.2, 0.25) is 55.9 Å². The zero-order valence-corrected chi connectivity index (χ0v) is 31.6. The summed E-state index contributed by atoms with van der Waals surface area (Å²) in [5.74, 6) is -0.333. The first-order chi connectivity index (χ1) is 19.3. The Morgan fingerprint density at radius 1 is 0.837 bits per heavy atom. The third-order valence-electron chi connectivity index (χ3n) is 10.0. The van der Waals surface area contributed by atoms with Crippen LogP contribution in [-0.2, 0) is 29.5 Å². The van der Waals surface area contributed by atoms with Gasteiger partial charge in [0.25, 0.3) is 0 Å². The highest BCUT2D eigenvalue weighted by molar-refractivity contribution is 6.74. The summed E-state index contributed by atoms with van der Waals surface area (Å²) in [6.45, 7) is 26.8. The Morgan fingerprint density at radius 2 is 1.37 bits per heavy atom. The summed E-state index contributed by atoms with van der Waals surface area (Å²) in [7, 11) is -7.45. The van der Waals surface area contributed by atoms with Crippen molar-refractivity contribution in [1.29, 1.82) is 0 Å². The lowest BCUT2D eigenvalue weighted by molar-refractivity contribution is -0.352. The van der Waals surface area contributed by atoms with Gasteiger partial charge >= 0.3 is 0 Å². The number of carbonyl (C=O) groups is 1. The number of β-lactam (4-membered cyclic amide) rings is 1. The molecule has 1 spiro atoms. The van der Waals surface area contributed by atoms with Crippen LogP contribution in [0.4, 0.5) is 0 Å². The van der Waals surface area contributed by atoms with Gasteiger partial charge in [-0.05, 0) is 61.5 Å². The minimum Gasteiger partial charge on any atom is -0.414 e. The van der Waals surface area contributed by atoms with E-state index >= 15 is 0 Å². The Kier molecular flexibility index (Phi) is 10.2. The van der Waals surface area contributed by atoms with Gasteiger partial charge in [0.2, 0.25) is 5.91 Å². The normalized spacial score (nSPS) is 31.0. The minimum absolute atomic E-state index is 0.0866. The summed E-state index contributed by atoms with van der Waals surface area (Å²) in [6.07, 6.45) is -5.52. The van der Waals surface area contributed by atoms with Crippen LogP contribution < -0.4 is 0 Å². The molecule has 1 aromatic carbocycles. The summed E-state index contributed by atoms with van der Waals surface area (Å²) in [5.41, 5.74) is -2.65. The largest absolute Gasteiger partial charge is 0.414 e. The highest BCUT2D eigenvalue weighted by atomic mass is 28.4. The molecule has 1 aliphatic carbocycles. The van der Waals surface area contributed by atoms with Gasteiger partial charge in [0, 0.05) is 0 Å². The summed E-state index contributed by atoms with van der Waals surface area (Å²) < 4.78 is 20.4.